The zero-order valence-electron chi connectivity index (χ0n) is 12.3. The van der Waals surface area contributed by atoms with Crippen molar-refractivity contribution in [3.05, 3.63) is 34.9 Å². The molecule has 13 heteroatoms. The second-order valence-electron chi connectivity index (χ2n) is 5.24. The number of carbonyl (C=O) groups is 2. The van der Waals surface area contributed by atoms with Crippen molar-refractivity contribution in [2.45, 2.75) is 17.7 Å². The second-order valence-corrected chi connectivity index (χ2v) is 9.14. The maximum atomic E-state index is 11.6. The average molecular weight is 417 g/mol. The van der Waals surface area contributed by atoms with E-state index in [-0.39, 0.29) is 10.6 Å². The van der Waals surface area contributed by atoms with Crippen LogP contribution in [0.3, 0.4) is 0 Å². The van der Waals surface area contributed by atoms with Gasteiger partial charge in [0.05, 0.1) is 0 Å². The van der Waals surface area contributed by atoms with E-state index < -0.39 is 50.8 Å². The highest BCUT2D eigenvalue weighted by molar-refractivity contribution is 7.55. The van der Waals surface area contributed by atoms with Crippen LogP contribution in [0.1, 0.15) is 5.56 Å². The van der Waals surface area contributed by atoms with Crippen molar-refractivity contribution in [2.24, 2.45) is 5.92 Å². The lowest BCUT2D eigenvalue weighted by molar-refractivity contribution is -0.140. The fraction of sp³-hybridized carbons (Fsp3) is 0.333. The zero-order chi connectivity index (χ0) is 19.6. The molecule has 0 aliphatic rings. The Kier molecular flexibility index (Phi) is 6.95. The molecule has 0 fully saturated rings. The molecule has 2 atom stereocenters. The Hall–Kier alpha value is -1.25. The molecule has 0 amide bonds. The van der Waals surface area contributed by atoms with E-state index in [1.165, 1.54) is 24.3 Å². The number of halogens is 1. The third-order valence-electron chi connectivity index (χ3n) is 3.43. The van der Waals surface area contributed by atoms with Gasteiger partial charge in [-0.05, 0) is 24.1 Å². The highest BCUT2D eigenvalue weighted by Crippen LogP contribution is 2.54. The third kappa shape index (κ3) is 5.90. The van der Waals surface area contributed by atoms with E-state index in [0.29, 0.717) is 0 Å². The molecular weight excluding hydrogens is 402 g/mol. The number of hydrogen-bond acceptors (Lipinski definition) is 4. The smallest absolute Gasteiger partial charge is 0.340 e. The lowest BCUT2D eigenvalue weighted by atomic mass is 9.92. The van der Waals surface area contributed by atoms with Crippen LogP contribution in [0.2, 0.25) is 5.02 Å². The Balaban J connectivity index is 3.50. The minimum absolute atomic E-state index is 0.203. The number of rotatable bonds is 8. The molecule has 0 saturated carbocycles. The van der Waals surface area contributed by atoms with Crippen LogP contribution in [0.4, 0.5) is 0 Å². The van der Waals surface area contributed by atoms with E-state index in [1.54, 1.807) is 0 Å². The molecule has 0 aromatic heterocycles. The molecule has 6 N–H and O–H groups in total. The molecule has 1 aromatic carbocycles. The molecule has 0 aliphatic carbocycles. The van der Waals surface area contributed by atoms with Gasteiger partial charge in [-0.25, -0.2) is 0 Å². The molecule has 0 aliphatic heterocycles. The highest BCUT2D eigenvalue weighted by Gasteiger charge is 2.53. The second kappa shape index (κ2) is 7.97. The summed E-state index contributed by atoms with van der Waals surface area (Å²) in [5.74, 6) is -6.20. The van der Waals surface area contributed by atoms with Crippen LogP contribution < -0.4 is 0 Å². The largest absolute Gasteiger partial charge is 0.481 e. The van der Waals surface area contributed by atoms with Gasteiger partial charge in [-0.2, -0.15) is 0 Å². The van der Waals surface area contributed by atoms with E-state index in [9.17, 15) is 38.3 Å². The van der Waals surface area contributed by atoms with Crippen molar-refractivity contribution < 1.29 is 48.5 Å². The van der Waals surface area contributed by atoms with Crippen LogP contribution in [-0.4, -0.2) is 53.0 Å². The fourth-order valence-corrected chi connectivity index (χ4v) is 4.83. The van der Waals surface area contributed by atoms with Gasteiger partial charge in [0.25, 0.3) is 0 Å². The van der Waals surface area contributed by atoms with Gasteiger partial charge in [-0.15, -0.1) is 0 Å². The van der Waals surface area contributed by atoms with Gasteiger partial charge in [-0.3, -0.25) is 18.7 Å². The summed E-state index contributed by atoms with van der Waals surface area (Å²) in [6.07, 6.45) is -0.610. The van der Waals surface area contributed by atoms with Crippen molar-refractivity contribution in [1.82, 2.24) is 0 Å². The molecule has 0 spiro atoms. The van der Waals surface area contributed by atoms with Crippen LogP contribution in [0.15, 0.2) is 24.3 Å². The maximum absolute atomic E-state index is 11.6. The minimum atomic E-state index is -5.43. The van der Waals surface area contributed by atoms with E-state index in [1.807, 2.05) is 0 Å². The topological polar surface area (TPSA) is 190 Å². The Morgan fingerprint density at radius 3 is 1.52 bits per heavy atom. The maximum Gasteiger partial charge on any atom is 0.340 e. The summed E-state index contributed by atoms with van der Waals surface area (Å²) in [5.41, 5.74) is -5.03. The minimum Gasteiger partial charge on any atom is -0.481 e. The van der Waals surface area contributed by atoms with Gasteiger partial charge in [-0.1, -0.05) is 23.7 Å². The molecule has 0 radical (unpaired) electrons. The van der Waals surface area contributed by atoms with Crippen LogP contribution in [0, 0.1) is 5.92 Å². The van der Waals surface area contributed by atoms with Crippen molar-refractivity contribution in [3.63, 3.8) is 0 Å². The number of hydrogen-bond donors (Lipinski definition) is 6. The predicted octanol–water partition coefficient (Wildman–Crippen LogP) is 0.760. The van der Waals surface area contributed by atoms with Gasteiger partial charge in [0.15, 0.2) is 11.3 Å². The first-order chi connectivity index (χ1) is 11.2. The predicted molar refractivity (Wildman–Crippen MR) is 85.6 cm³/mol. The summed E-state index contributed by atoms with van der Waals surface area (Å²) < 4.78 is 23.1. The normalized spacial score (nSPS) is 16.0. The molecule has 0 saturated heterocycles. The van der Waals surface area contributed by atoms with Crippen molar-refractivity contribution >= 4 is 38.7 Å². The van der Waals surface area contributed by atoms with Crippen LogP contribution in [-0.2, 0) is 25.1 Å². The van der Waals surface area contributed by atoms with Gasteiger partial charge < -0.3 is 29.8 Å². The van der Waals surface area contributed by atoms with E-state index >= 15 is 0 Å². The standard InChI is InChI=1S/C12H15ClO10P2/c13-7-3-1-6(2-4-7)5-8(9(11(14)15)24(18,19)20)10(12(16)17)25(21,22)23/h1-4,8-10H,5H2,(H,14,15)(H,16,17)(H2,18,19,20)(H2,21,22,23). The number of carboxylic acid groups (broad SMARTS) is 2. The molecule has 140 valence electrons. The fourth-order valence-electron chi connectivity index (χ4n) is 2.44. The Bertz CT molecular complexity index is 697. The first-order valence-electron chi connectivity index (χ1n) is 6.55. The number of aliphatic carboxylic acids is 2. The first-order valence-corrected chi connectivity index (χ1v) is 10.3. The summed E-state index contributed by atoms with van der Waals surface area (Å²) in [6, 6.07) is 5.36. The van der Waals surface area contributed by atoms with Crippen LogP contribution in [0.5, 0.6) is 0 Å². The molecule has 1 aromatic rings. The van der Waals surface area contributed by atoms with Gasteiger partial charge in [0.1, 0.15) is 0 Å². The van der Waals surface area contributed by atoms with Gasteiger partial charge >= 0.3 is 27.1 Å². The van der Waals surface area contributed by atoms with Crippen molar-refractivity contribution in [2.75, 3.05) is 0 Å². The first kappa shape index (κ1) is 21.8. The van der Waals surface area contributed by atoms with Crippen molar-refractivity contribution in [3.8, 4) is 0 Å². The van der Waals surface area contributed by atoms with E-state index in [2.05, 4.69) is 0 Å². The van der Waals surface area contributed by atoms with E-state index in [4.69, 9.17) is 21.8 Å². The average Bonchev–Trinajstić information content (AvgIpc) is 2.37. The number of benzene rings is 1. The summed E-state index contributed by atoms with van der Waals surface area (Å²) in [4.78, 5) is 59.9. The lowest BCUT2D eigenvalue weighted by Crippen LogP contribution is -2.42. The summed E-state index contributed by atoms with van der Waals surface area (Å²) in [6.45, 7) is 0. The SMILES string of the molecule is O=C(O)C(C(Cc1ccc(Cl)cc1)C(C(=O)O)P(=O)(O)O)P(=O)(O)O. The lowest BCUT2D eigenvalue weighted by Gasteiger charge is -2.29. The zero-order valence-corrected chi connectivity index (χ0v) is 14.9. The summed E-state index contributed by atoms with van der Waals surface area (Å²) >= 11 is 5.68. The highest BCUT2D eigenvalue weighted by atomic mass is 35.5. The molecule has 0 bridgehead atoms. The molecule has 1 rings (SSSR count). The van der Waals surface area contributed by atoms with E-state index in [0.717, 1.165) is 0 Å². The monoisotopic (exact) mass is 416 g/mol. The van der Waals surface area contributed by atoms with Crippen LogP contribution >= 0.6 is 26.8 Å². The molecule has 0 heterocycles. The Morgan fingerprint density at radius 1 is 0.880 bits per heavy atom. The van der Waals surface area contributed by atoms with Crippen molar-refractivity contribution in [1.29, 1.82) is 0 Å². The van der Waals surface area contributed by atoms with Gasteiger partial charge in [0, 0.05) is 10.9 Å². The molecule has 25 heavy (non-hydrogen) atoms. The van der Waals surface area contributed by atoms with Gasteiger partial charge in [0.2, 0.25) is 0 Å². The molecule has 2 unspecified atom stereocenters. The number of carboxylic acids is 2. The molecule has 10 nitrogen and oxygen atoms in total. The third-order valence-corrected chi connectivity index (χ3v) is 6.34. The summed E-state index contributed by atoms with van der Waals surface area (Å²) in [7, 11) is -10.9. The van der Waals surface area contributed by atoms with Crippen LogP contribution in [0.25, 0.3) is 0 Å². The Labute approximate surface area is 146 Å². The Morgan fingerprint density at radius 2 is 1.24 bits per heavy atom. The quantitative estimate of drug-likeness (QED) is 0.330. The summed E-state index contributed by atoms with van der Waals surface area (Å²) in [5, 5.41) is 18.6. The molecular formula is C12H15ClO10P2.